The molecule has 140 valence electrons. The van der Waals surface area contributed by atoms with Gasteiger partial charge < -0.3 is 15.1 Å². The van der Waals surface area contributed by atoms with Gasteiger partial charge in [0.2, 0.25) is 0 Å². The molecule has 0 fully saturated rings. The summed E-state index contributed by atoms with van der Waals surface area (Å²) in [5.41, 5.74) is -1.54. The van der Waals surface area contributed by atoms with Gasteiger partial charge in [0.25, 0.3) is 11.8 Å². The summed E-state index contributed by atoms with van der Waals surface area (Å²) in [5, 5.41) is 4.60. The van der Waals surface area contributed by atoms with Crippen molar-refractivity contribution in [3.8, 4) is 0 Å². The van der Waals surface area contributed by atoms with Crippen LogP contribution in [0.3, 0.4) is 0 Å². The van der Waals surface area contributed by atoms with E-state index in [2.05, 4.69) is 10.6 Å². The average Bonchev–Trinajstić information content (AvgIpc) is 3.26. The first-order chi connectivity index (χ1) is 12.7. The van der Waals surface area contributed by atoms with E-state index in [1.807, 2.05) is 0 Å². The Bertz CT molecular complexity index is 978. The number of carbonyl (C=O) groups excluding carboxylic acids is 2. The van der Waals surface area contributed by atoms with Crippen LogP contribution in [0.2, 0.25) is 0 Å². The number of alkyl halides is 3. The Kier molecular flexibility index (Phi) is 5.04. The number of carbonyl (C=O) groups is 2. The molecule has 0 atom stereocenters. The van der Waals surface area contributed by atoms with Gasteiger partial charge in [0.15, 0.2) is 5.76 Å². The van der Waals surface area contributed by atoms with Crippen molar-refractivity contribution >= 4 is 34.5 Å². The average molecular weight is 394 g/mol. The molecule has 0 unspecified atom stereocenters. The highest BCUT2D eigenvalue weighted by molar-refractivity contribution is 7.14. The molecule has 0 bridgehead atoms. The van der Waals surface area contributed by atoms with Gasteiger partial charge in [0.1, 0.15) is 0 Å². The molecular formula is C18H13F3N2O3S. The molecule has 3 rings (SSSR count). The van der Waals surface area contributed by atoms with Crippen LogP contribution in [0.15, 0.2) is 53.1 Å². The number of benzene rings is 1. The Morgan fingerprint density at radius 1 is 1.04 bits per heavy atom. The highest BCUT2D eigenvalue weighted by Crippen LogP contribution is 2.37. The molecule has 2 N–H and O–H groups in total. The van der Waals surface area contributed by atoms with Crippen LogP contribution in [0.5, 0.6) is 0 Å². The van der Waals surface area contributed by atoms with Gasteiger partial charge in [0, 0.05) is 10.6 Å². The Morgan fingerprint density at radius 3 is 2.41 bits per heavy atom. The summed E-state index contributed by atoms with van der Waals surface area (Å²) in [6.45, 7) is 1.79. The van der Waals surface area contributed by atoms with E-state index in [1.54, 1.807) is 19.1 Å². The summed E-state index contributed by atoms with van der Waals surface area (Å²) in [7, 11) is 0. The predicted octanol–water partition coefficient (Wildman–Crippen LogP) is 5.17. The number of amides is 2. The number of furan rings is 1. The van der Waals surface area contributed by atoms with Crippen LogP contribution in [0.4, 0.5) is 24.5 Å². The summed E-state index contributed by atoms with van der Waals surface area (Å²) in [5.74, 6) is -1.35. The Balaban J connectivity index is 1.86. The van der Waals surface area contributed by atoms with E-state index < -0.39 is 29.2 Å². The number of anilines is 2. The summed E-state index contributed by atoms with van der Waals surface area (Å²) < 4.78 is 45.2. The summed E-state index contributed by atoms with van der Waals surface area (Å²) in [6.07, 6.45) is -3.44. The van der Waals surface area contributed by atoms with Crippen LogP contribution in [0.1, 0.15) is 30.7 Å². The Hall–Kier alpha value is -3.07. The third-order valence-electron chi connectivity index (χ3n) is 3.54. The number of hydrogen-bond acceptors (Lipinski definition) is 4. The van der Waals surface area contributed by atoms with Gasteiger partial charge in [-0.3, -0.25) is 9.59 Å². The quantitative estimate of drug-likeness (QED) is 0.641. The molecule has 3 aromatic rings. The Morgan fingerprint density at radius 2 is 1.81 bits per heavy atom. The first-order valence-electron chi connectivity index (χ1n) is 7.68. The van der Waals surface area contributed by atoms with E-state index in [1.165, 1.54) is 35.8 Å². The number of rotatable bonds is 4. The topological polar surface area (TPSA) is 71.3 Å². The SMILES string of the molecule is Cc1ccc(C(=O)Nc2ccc(NC(=O)c3ccco3)cc2C(F)(F)F)s1. The van der Waals surface area contributed by atoms with Gasteiger partial charge in [-0.1, -0.05) is 0 Å². The summed E-state index contributed by atoms with van der Waals surface area (Å²) in [4.78, 5) is 25.3. The first-order valence-corrected chi connectivity index (χ1v) is 8.49. The second kappa shape index (κ2) is 7.28. The highest BCUT2D eigenvalue weighted by Gasteiger charge is 2.34. The lowest BCUT2D eigenvalue weighted by Gasteiger charge is -2.15. The molecular weight excluding hydrogens is 381 g/mol. The van der Waals surface area contributed by atoms with Gasteiger partial charge in [-0.2, -0.15) is 13.2 Å². The molecule has 9 heteroatoms. The lowest BCUT2D eigenvalue weighted by atomic mass is 10.1. The van der Waals surface area contributed by atoms with Gasteiger partial charge >= 0.3 is 6.18 Å². The van der Waals surface area contributed by atoms with Crippen LogP contribution in [0, 0.1) is 6.92 Å². The van der Waals surface area contributed by atoms with Gasteiger partial charge in [-0.05, 0) is 49.4 Å². The van der Waals surface area contributed by atoms with Crippen molar-refractivity contribution in [1.29, 1.82) is 0 Å². The third kappa shape index (κ3) is 4.37. The fourth-order valence-electron chi connectivity index (χ4n) is 2.31. The molecule has 27 heavy (non-hydrogen) atoms. The van der Waals surface area contributed by atoms with Gasteiger partial charge in [-0.25, -0.2) is 0 Å². The van der Waals surface area contributed by atoms with Gasteiger partial charge in [0.05, 0.1) is 22.4 Å². The molecule has 0 radical (unpaired) electrons. The number of halogens is 3. The van der Waals surface area contributed by atoms with E-state index in [0.29, 0.717) is 4.88 Å². The first kappa shape index (κ1) is 18.7. The van der Waals surface area contributed by atoms with E-state index in [-0.39, 0.29) is 11.4 Å². The smallest absolute Gasteiger partial charge is 0.418 e. The van der Waals surface area contributed by atoms with E-state index in [9.17, 15) is 22.8 Å². The number of aryl methyl sites for hydroxylation is 1. The second-order valence-electron chi connectivity index (χ2n) is 5.55. The maximum atomic E-state index is 13.4. The Labute approximate surface area is 155 Å². The van der Waals surface area contributed by atoms with Crippen molar-refractivity contribution in [2.24, 2.45) is 0 Å². The normalized spacial score (nSPS) is 11.3. The molecule has 0 spiro atoms. The van der Waals surface area contributed by atoms with Crippen LogP contribution in [0.25, 0.3) is 0 Å². The minimum absolute atomic E-state index is 0.0333. The van der Waals surface area contributed by atoms with Crippen LogP contribution in [-0.4, -0.2) is 11.8 Å². The van der Waals surface area contributed by atoms with Crippen molar-refractivity contribution in [2.45, 2.75) is 13.1 Å². The number of nitrogens with one attached hydrogen (secondary N) is 2. The van der Waals surface area contributed by atoms with Crippen molar-refractivity contribution in [2.75, 3.05) is 10.6 Å². The summed E-state index contributed by atoms with van der Waals surface area (Å²) in [6, 6.07) is 9.25. The maximum Gasteiger partial charge on any atom is 0.418 e. The monoisotopic (exact) mass is 394 g/mol. The van der Waals surface area contributed by atoms with Crippen molar-refractivity contribution in [3.63, 3.8) is 0 Å². The maximum absolute atomic E-state index is 13.4. The van der Waals surface area contributed by atoms with Crippen molar-refractivity contribution in [1.82, 2.24) is 0 Å². The molecule has 1 aromatic carbocycles. The molecule has 2 amide bonds. The predicted molar refractivity (Wildman–Crippen MR) is 95.1 cm³/mol. The fourth-order valence-corrected chi connectivity index (χ4v) is 3.07. The minimum atomic E-state index is -4.72. The molecule has 0 aliphatic rings. The highest BCUT2D eigenvalue weighted by atomic mass is 32.1. The lowest BCUT2D eigenvalue weighted by molar-refractivity contribution is -0.136. The molecule has 0 saturated heterocycles. The second-order valence-corrected chi connectivity index (χ2v) is 6.84. The molecule has 0 aliphatic carbocycles. The van der Waals surface area contributed by atoms with E-state index in [4.69, 9.17) is 4.42 Å². The third-order valence-corrected chi connectivity index (χ3v) is 4.54. The van der Waals surface area contributed by atoms with E-state index in [0.717, 1.165) is 17.0 Å². The number of thiophene rings is 1. The van der Waals surface area contributed by atoms with E-state index >= 15 is 0 Å². The molecule has 5 nitrogen and oxygen atoms in total. The molecule has 0 saturated carbocycles. The van der Waals surface area contributed by atoms with Crippen LogP contribution < -0.4 is 10.6 Å². The largest absolute Gasteiger partial charge is 0.459 e. The van der Waals surface area contributed by atoms with Crippen molar-refractivity contribution < 1.29 is 27.2 Å². The molecule has 2 heterocycles. The zero-order valence-electron chi connectivity index (χ0n) is 13.9. The molecule has 0 aliphatic heterocycles. The van der Waals surface area contributed by atoms with Crippen molar-refractivity contribution in [3.05, 3.63) is 69.8 Å². The summed E-state index contributed by atoms with van der Waals surface area (Å²) >= 11 is 1.18. The van der Waals surface area contributed by atoms with Gasteiger partial charge in [-0.15, -0.1) is 11.3 Å². The zero-order valence-corrected chi connectivity index (χ0v) is 14.7. The lowest BCUT2D eigenvalue weighted by Crippen LogP contribution is -2.17. The standard InChI is InChI=1S/C18H13F3N2O3S/c1-10-4-7-15(27-10)17(25)23-13-6-5-11(9-12(13)18(19,20)21)22-16(24)14-3-2-8-26-14/h2-9H,1H3,(H,22,24)(H,23,25). The number of hydrogen-bond donors (Lipinski definition) is 2. The minimum Gasteiger partial charge on any atom is -0.459 e. The molecule has 2 aromatic heterocycles. The van der Waals surface area contributed by atoms with Crippen LogP contribution in [-0.2, 0) is 6.18 Å². The zero-order chi connectivity index (χ0) is 19.6. The van der Waals surface area contributed by atoms with Crippen LogP contribution >= 0.6 is 11.3 Å². The fraction of sp³-hybridized carbons (Fsp3) is 0.111.